The van der Waals surface area contributed by atoms with Gasteiger partial charge in [0.1, 0.15) is 0 Å². The van der Waals surface area contributed by atoms with E-state index in [0.29, 0.717) is 5.92 Å². The van der Waals surface area contributed by atoms with Gasteiger partial charge < -0.3 is 9.42 Å². The monoisotopic (exact) mass is 299 g/mol. The van der Waals surface area contributed by atoms with E-state index in [0.717, 1.165) is 48.4 Å². The van der Waals surface area contributed by atoms with Crippen molar-refractivity contribution in [2.75, 3.05) is 18.0 Å². The van der Waals surface area contributed by atoms with Crippen molar-refractivity contribution < 1.29 is 4.52 Å². The van der Waals surface area contributed by atoms with Crippen molar-refractivity contribution in [3.63, 3.8) is 0 Å². The molecule has 0 unspecified atom stereocenters. The second-order valence-electron chi connectivity index (χ2n) is 6.71. The molecule has 1 saturated carbocycles. The summed E-state index contributed by atoms with van der Waals surface area (Å²) < 4.78 is 5.55. The first-order valence-corrected chi connectivity index (χ1v) is 7.94. The summed E-state index contributed by atoms with van der Waals surface area (Å²) in [6.45, 7) is 7.81. The first-order chi connectivity index (χ1) is 10.6. The molecule has 2 aromatic heterocycles. The molecule has 2 aromatic rings. The van der Waals surface area contributed by atoms with Gasteiger partial charge in [0.2, 0.25) is 11.8 Å². The zero-order valence-corrected chi connectivity index (χ0v) is 13.3. The molecular formula is C16H21N5O. The zero-order valence-electron chi connectivity index (χ0n) is 13.3. The van der Waals surface area contributed by atoms with Gasteiger partial charge in [-0.2, -0.15) is 4.98 Å². The molecule has 2 aliphatic rings. The van der Waals surface area contributed by atoms with Gasteiger partial charge >= 0.3 is 0 Å². The lowest BCUT2D eigenvalue weighted by Crippen LogP contribution is -2.33. The van der Waals surface area contributed by atoms with Gasteiger partial charge in [-0.1, -0.05) is 11.6 Å². The minimum atomic E-state index is -0.0105. The summed E-state index contributed by atoms with van der Waals surface area (Å²) in [5.74, 6) is 2.90. The summed E-state index contributed by atoms with van der Waals surface area (Å²) in [5, 5.41) is 4.00. The quantitative estimate of drug-likeness (QED) is 0.848. The van der Waals surface area contributed by atoms with Gasteiger partial charge in [0.05, 0.1) is 5.41 Å². The topological polar surface area (TPSA) is 67.9 Å². The van der Waals surface area contributed by atoms with Gasteiger partial charge in [-0.3, -0.25) is 0 Å². The molecule has 6 nitrogen and oxygen atoms in total. The van der Waals surface area contributed by atoms with Crippen LogP contribution in [0.15, 0.2) is 10.7 Å². The van der Waals surface area contributed by atoms with Crippen molar-refractivity contribution in [2.24, 2.45) is 5.92 Å². The molecule has 22 heavy (non-hydrogen) atoms. The van der Waals surface area contributed by atoms with Gasteiger partial charge in [-0.05, 0) is 45.1 Å². The lowest BCUT2D eigenvalue weighted by molar-refractivity contribution is 0.265. The third-order valence-corrected chi connectivity index (χ3v) is 5.32. The number of aryl methyl sites for hydroxylation is 3. The predicted molar refractivity (Wildman–Crippen MR) is 81.8 cm³/mol. The molecule has 0 aromatic carbocycles. The first-order valence-electron chi connectivity index (χ1n) is 7.94. The third kappa shape index (κ3) is 1.93. The van der Waals surface area contributed by atoms with Gasteiger partial charge in [-0.25, -0.2) is 9.97 Å². The maximum Gasteiger partial charge on any atom is 0.234 e. The molecule has 2 fully saturated rings. The molecule has 0 N–H and O–H groups in total. The van der Waals surface area contributed by atoms with Crippen LogP contribution in [0.5, 0.6) is 0 Å². The van der Waals surface area contributed by atoms with Gasteiger partial charge in [0.15, 0.2) is 5.82 Å². The molecule has 6 heteroatoms. The number of hydrogen-bond donors (Lipinski definition) is 0. The number of nitrogens with zero attached hydrogens (tertiary/aromatic N) is 5. The van der Waals surface area contributed by atoms with E-state index in [9.17, 15) is 0 Å². The van der Waals surface area contributed by atoms with Crippen molar-refractivity contribution in [3.05, 3.63) is 29.2 Å². The van der Waals surface area contributed by atoms with Crippen LogP contribution in [0.1, 0.15) is 42.2 Å². The average molecular weight is 299 g/mol. The van der Waals surface area contributed by atoms with Gasteiger partial charge in [0, 0.05) is 25.0 Å². The number of aromatic nitrogens is 4. The molecule has 3 heterocycles. The van der Waals surface area contributed by atoms with Crippen molar-refractivity contribution >= 4 is 5.95 Å². The van der Waals surface area contributed by atoms with Crippen molar-refractivity contribution in [2.45, 2.75) is 45.4 Å². The standard InChI is InChI=1S/C16H21N5O/c1-10-7-17-15(18-11(10)2)21-8-13-5-4-6-16(13,9-21)14-19-12(3)20-22-14/h7,13H,4-6,8-9H2,1-3H3/t13-,16-/m0/s1. The van der Waals surface area contributed by atoms with E-state index in [1.54, 1.807) is 0 Å². The zero-order chi connectivity index (χ0) is 15.3. The van der Waals surface area contributed by atoms with Gasteiger partial charge in [-0.15, -0.1) is 0 Å². The lowest BCUT2D eigenvalue weighted by Gasteiger charge is -2.24. The maximum atomic E-state index is 5.55. The van der Waals surface area contributed by atoms with E-state index in [1.807, 2.05) is 27.0 Å². The van der Waals surface area contributed by atoms with Crippen molar-refractivity contribution in [3.8, 4) is 0 Å². The largest absolute Gasteiger partial charge is 0.339 e. The number of hydrogen-bond acceptors (Lipinski definition) is 6. The summed E-state index contributed by atoms with van der Waals surface area (Å²) in [4.78, 5) is 16.0. The Balaban J connectivity index is 1.68. The molecule has 116 valence electrons. The Bertz CT molecular complexity index is 712. The van der Waals surface area contributed by atoms with E-state index in [2.05, 4.69) is 25.0 Å². The SMILES string of the molecule is Cc1noc([C@]23CCC[C@H]2CN(c2ncc(C)c(C)n2)C3)n1. The van der Waals surface area contributed by atoms with Crippen LogP contribution < -0.4 is 4.90 Å². The Hall–Kier alpha value is -1.98. The molecule has 0 radical (unpaired) electrons. The number of rotatable bonds is 2. The third-order valence-electron chi connectivity index (χ3n) is 5.32. The highest BCUT2D eigenvalue weighted by Gasteiger charge is 2.54. The minimum Gasteiger partial charge on any atom is -0.339 e. The van der Waals surface area contributed by atoms with Crippen LogP contribution in [0, 0.1) is 26.7 Å². The highest BCUT2D eigenvalue weighted by molar-refractivity contribution is 5.39. The summed E-state index contributed by atoms with van der Waals surface area (Å²) in [6.07, 6.45) is 5.46. The Morgan fingerprint density at radius 1 is 1.27 bits per heavy atom. The second kappa shape index (κ2) is 4.76. The van der Waals surface area contributed by atoms with E-state index in [-0.39, 0.29) is 5.41 Å². The summed E-state index contributed by atoms with van der Waals surface area (Å²) >= 11 is 0. The van der Waals surface area contributed by atoms with Gasteiger partial charge in [0.25, 0.3) is 0 Å². The highest BCUT2D eigenvalue weighted by atomic mass is 16.5. The number of fused-ring (bicyclic) bond motifs is 1. The Kier molecular flexibility index (Phi) is 2.96. The highest BCUT2D eigenvalue weighted by Crippen LogP contribution is 2.50. The van der Waals surface area contributed by atoms with Crippen LogP contribution in [0.25, 0.3) is 0 Å². The average Bonchev–Trinajstić information content (AvgIpc) is 3.15. The van der Waals surface area contributed by atoms with Crippen LogP contribution >= 0.6 is 0 Å². The molecule has 0 spiro atoms. The molecule has 0 amide bonds. The fourth-order valence-corrected chi connectivity index (χ4v) is 3.96. The molecule has 4 rings (SSSR count). The normalized spacial score (nSPS) is 27.4. The van der Waals surface area contributed by atoms with E-state index < -0.39 is 0 Å². The summed E-state index contributed by atoms with van der Waals surface area (Å²) in [6, 6.07) is 0. The summed E-state index contributed by atoms with van der Waals surface area (Å²) in [5.41, 5.74) is 2.17. The molecule has 0 bridgehead atoms. The predicted octanol–water partition coefficient (Wildman–Crippen LogP) is 2.34. The molecule has 2 atom stereocenters. The van der Waals surface area contributed by atoms with Crippen LogP contribution in [0.3, 0.4) is 0 Å². The smallest absolute Gasteiger partial charge is 0.234 e. The van der Waals surface area contributed by atoms with Crippen molar-refractivity contribution in [1.82, 2.24) is 20.1 Å². The van der Waals surface area contributed by atoms with E-state index in [4.69, 9.17) is 4.52 Å². The molecule has 1 saturated heterocycles. The fourth-order valence-electron chi connectivity index (χ4n) is 3.96. The fraction of sp³-hybridized carbons (Fsp3) is 0.625. The second-order valence-corrected chi connectivity index (χ2v) is 6.71. The molecule has 1 aliphatic carbocycles. The van der Waals surface area contributed by atoms with E-state index >= 15 is 0 Å². The van der Waals surface area contributed by atoms with E-state index in [1.165, 1.54) is 12.8 Å². The van der Waals surface area contributed by atoms with Crippen LogP contribution in [-0.2, 0) is 5.41 Å². The van der Waals surface area contributed by atoms with Crippen LogP contribution in [-0.4, -0.2) is 33.2 Å². The van der Waals surface area contributed by atoms with Crippen LogP contribution in [0.4, 0.5) is 5.95 Å². The maximum absolute atomic E-state index is 5.55. The van der Waals surface area contributed by atoms with Crippen molar-refractivity contribution in [1.29, 1.82) is 0 Å². The Morgan fingerprint density at radius 2 is 2.14 bits per heavy atom. The lowest BCUT2D eigenvalue weighted by atomic mass is 9.80. The molecular weight excluding hydrogens is 278 g/mol. The first kappa shape index (κ1) is 13.7. The van der Waals surface area contributed by atoms with Crippen LogP contribution in [0.2, 0.25) is 0 Å². The minimum absolute atomic E-state index is 0.0105. The number of anilines is 1. The Labute approximate surface area is 130 Å². The Morgan fingerprint density at radius 3 is 2.86 bits per heavy atom. The molecule has 1 aliphatic heterocycles. The summed E-state index contributed by atoms with van der Waals surface area (Å²) in [7, 11) is 0.